The molecule has 0 saturated heterocycles. The SMILES string of the molecule is NNC(COc1cccc(Cl)c1)Cc1ccco1. The van der Waals surface area contributed by atoms with Gasteiger partial charge in [0, 0.05) is 11.4 Å². The predicted molar refractivity (Wildman–Crippen MR) is 70.5 cm³/mol. The number of ether oxygens (including phenoxy) is 1. The van der Waals surface area contributed by atoms with Crippen LogP contribution in [-0.4, -0.2) is 12.6 Å². The van der Waals surface area contributed by atoms with Crippen molar-refractivity contribution in [2.24, 2.45) is 5.84 Å². The summed E-state index contributed by atoms with van der Waals surface area (Å²) >= 11 is 5.87. The van der Waals surface area contributed by atoms with Crippen molar-refractivity contribution in [2.45, 2.75) is 12.5 Å². The lowest BCUT2D eigenvalue weighted by molar-refractivity contribution is 0.258. The molecule has 1 aromatic carbocycles. The van der Waals surface area contributed by atoms with Gasteiger partial charge in [-0.25, -0.2) is 0 Å². The Labute approximate surface area is 111 Å². The molecule has 1 unspecified atom stereocenters. The zero-order valence-corrected chi connectivity index (χ0v) is 10.6. The highest BCUT2D eigenvalue weighted by Crippen LogP contribution is 2.17. The Hall–Kier alpha value is -1.49. The van der Waals surface area contributed by atoms with Gasteiger partial charge < -0.3 is 9.15 Å². The van der Waals surface area contributed by atoms with Gasteiger partial charge >= 0.3 is 0 Å². The second-order valence-corrected chi connectivity index (χ2v) is 4.35. The van der Waals surface area contributed by atoms with E-state index in [-0.39, 0.29) is 6.04 Å². The van der Waals surface area contributed by atoms with E-state index in [1.54, 1.807) is 18.4 Å². The summed E-state index contributed by atoms with van der Waals surface area (Å²) in [7, 11) is 0. The first-order valence-corrected chi connectivity index (χ1v) is 6.02. The van der Waals surface area contributed by atoms with Crippen molar-refractivity contribution in [1.29, 1.82) is 0 Å². The van der Waals surface area contributed by atoms with E-state index >= 15 is 0 Å². The van der Waals surface area contributed by atoms with E-state index in [2.05, 4.69) is 5.43 Å². The average molecular weight is 267 g/mol. The molecule has 2 aromatic rings. The second kappa shape index (κ2) is 6.44. The first-order valence-electron chi connectivity index (χ1n) is 5.65. The first-order chi connectivity index (χ1) is 8.78. The van der Waals surface area contributed by atoms with E-state index in [0.717, 1.165) is 11.5 Å². The summed E-state index contributed by atoms with van der Waals surface area (Å²) < 4.78 is 10.9. The summed E-state index contributed by atoms with van der Waals surface area (Å²) in [6, 6.07) is 11.0. The molecular formula is C13H15ClN2O2. The number of halogens is 1. The lowest BCUT2D eigenvalue weighted by Gasteiger charge is -2.15. The maximum atomic E-state index is 5.87. The maximum Gasteiger partial charge on any atom is 0.120 e. The van der Waals surface area contributed by atoms with Crippen LogP contribution in [0.15, 0.2) is 47.1 Å². The third-order valence-electron chi connectivity index (χ3n) is 2.51. The van der Waals surface area contributed by atoms with Gasteiger partial charge in [0.25, 0.3) is 0 Å². The molecule has 0 bridgehead atoms. The molecule has 0 amide bonds. The molecule has 1 heterocycles. The molecule has 5 heteroatoms. The topological polar surface area (TPSA) is 60.4 Å². The smallest absolute Gasteiger partial charge is 0.120 e. The van der Waals surface area contributed by atoms with Gasteiger partial charge in [0.15, 0.2) is 0 Å². The molecule has 3 N–H and O–H groups in total. The summed E-state index contributed by atoms with van der Waals surface area (Å²) in [6.07, 6.45) is 2.31. The Balaban J connectivity index is 1.87. The van der Waals surface area contributed by atoms with Crippen LogP contribution in [0, 0.1) is 0 Å². The number of rotatable bonds is 6. The molecule has 96 valence electrons. The summed E-state index contributed by atoms with van der Waals surface area (Å²) in [6.45, 7) is 0.442. The molecular weight excluding hydrogens is 252 g/mol. The predicted octanol–water partition coefficient (Wildman–Crippen LogP) is 2.39. The van der Waals surface area contributed by atoms with Crippen LogP contribution in [0.1, 0.15) is 5.76 Å². The normalized spacial score (nSPS) is 12.3. The molecule has 18 heavy (non-hydrogen) atoms. The summed E-state index contributed by atoms with van der Waals surface area (Å²) in [5.74, 6) is 7.08. The van der Waals surface area contributed by atoms with E-state index in [9.17, 15) is 0 Å². The monoisotopic (exact) mass is 266 g/mol. The van der Waals surface area contributed by atoms with Crippen molar-refractivity contribution in [3.05, 3.63) is 53.4 Å². The van der Waals surface area contributed by atoms with Crippen LogP contribution in [-0.2, 0) is 6.42 Å². The molecule has 1 atom stereocenters. The number of hydrogen-bond donors (Lipinski definition) is 2. The van der Waals surface area contributed by atoms with E-state index < -0.39 is 0 Å². The molecule has 0 radical (unpaired) electrons. The van der Waals surface area contributed by atoms with Crippen LogP contribution in [0.2, 0.25) is 5.02 Å². The fraction of sp³-hybridized carbons (Fsp3) is 0.231. The summed E-state index contributed by atoms with van der Waals surface area (Å²) in [4.78, 5) is 0. The third kappa shape index (κ3) is 3.77. The van der Waals surface area contributed by atoms with Crippen molar-refractivity contribution < 1.29 is 9.15 Å². The van der Waals surface area contributed by atoms with Crippen LogP contribution >= 0.6 is 11.6 Å². The minimum Gasteiger partial charge on any atom is -0.492 e. The van der Waals surface area contributed by atoms with Crippen molar-refractivity contribution in [3.63, 3.8) is 0 Å². The minimum absolute atomic E-state index is 0.0184. The zero-order chi connectivity index (χ0) is 12.8. The van der Waals surface area contributed by atoms with E-state index in [0.29, 0.717) is 18.1 Å². The molecule has 0 aliphatic rings. The lowest BCUT2D eigenvalue weighted by atomic mass is 10.2. The van der Waals surface area contributed by atoms with E-state index in [1.807, 2.05) is 24.3 Å². The first kappa shape index (κ1) is 13.0. The molecule has 0 saturated carbocycles. The van der Waals surface area contributed by atoms with Gasteiger partial charge in [-0.05, 0) is 30.3 Å². The Kier molecular flexibility index (Phi) is 4.64. The minimum atomic E-state index is -0.0184. The van der Waals surface area contributed by atoms with Gasteiger partial charge in [-0.2, -0.15) is 0 Å². The quantitative estimate of drug-likeness (QED) is 0.623. The highest BCUT2D eigenvalue weighted by molar-refractivity contribution is 6.30. The van der Waals surface area contributed by atoms with Crippen molar-refractivity contribution in [2.75, 3.05) is 6.61 Å². The molecule has 4 nitrogen and oxygen atoms in total. The van der Waals surface area contributed by atoms with Crippen molar-refractivity contribution >= 4 is 11.6 Å². The Morgan fingerprint density at radius 2 is 2.22 bits per heavy atom. The Bertz CT molecular complexity index is 474. The van der Waals surface area contributed by atoms with Crippen LogP contribution in [0.5, 0.6) is 5.75 Å². The standard InChI is InChI=1S/C13H15ClN2O2/c14-10-3-1-4-12(7-10)18-9-11(16-15)8-13-5-2-6-17-13/h1-7,11,16H,8-9,15H2. The molecule has 1 aromatic heterocycles. The van der Waals surface area contributed by atoms with E-state index in [1.165, 1.54) is 0 Å². The van der Waals surface area contributed by atoms with Gasteiger partial charge in [0.2, 0.25) is 0 Å². The maximum absolute atomic E-state index is 5.87. The molecule has 0 spiro atoms. The number of hydrazine groups is 1. The van der Waals surface area contributed by atoms with Crippen molar-refractivity contribution in [1.82, 2.24) is 5.43 Å². The van der Waals surface area contributed by atoms with Gasteiger partial charge in [-0.1, -0.05) is 17.7 Å². The third-order valence-corrected chi connectivity index (χ3v) is 2.75. The Morgan fingerprint density at radius 3 is 2.89 bits per heavy atom. The number of benzene rings is 1. The highest BCUT2D eigenvalue weighted by atomic mass is 35.5. The average Bonchev–Trinajstić information content (AvgIpc) is 2.87. The number of nitrogens with one attached hydrogen (secondary N) is 1. The fourth-order valence-electron chi connectivity index (χ4n) is 1.59. The molecule has 0 aliphatic heterocycles. The highest BCUT2D eigenvalue weighted by Gasteiger charge is 2.10. The van der Waals surface area contributed by atoms with E-state index in [4.69, 9.17) is 26.6 Å². The Morgan fingerprint density at radius 1 is 1.33 bits per heavy atom. The fourth-order valence-corrected chi connectivity index (χ4v) is 1.77. The largest absolute Gasteiger partial charge is 0.492 e. The van der Waals surface area contributed by atoms with Crippen LogP contribution in [0.3, 0.4) is 0 Å². The zero-order valence-electron chi connectivity index (χ0n) is 9.80. The van der Waals surface area contributed by atoms with Crippen LogP contribution in [0.25, 0.3) is 0 Å². The summed E-state index contributed by atoms with van der Waals surface area (Å²) in [5, 5.41) is 0.649. The lowest BCUT2D eigenvalue weighted by Crippen LogP contribution is -2.41. The van der Waals surface area contributed by atoms with Gasteiger partial charge in [0.05, 0.1) is 12.3 Å². The van der Waals surface area contributed by atoms with Gasteiger partial charge in [0.1, 0.15) is 18.1 Å². The molecule has 0 aliphatic carbocycles. The number of nitrogens with two attached hydrogens (primary N) is 1. The molecule has 0 fully saturated rings. The van der Waals surface area contributed by atoms with Crippen LogP contribution < -0.4 is 16.0 Å². The van der Waals surface area contributed by atoms with Gasteiger partial charge in [-0.3, -0.25) is 11.3 Å². The van der Waals surface area contributed by atoms with Gasteiger partial charge in [-0.15, -0.1) is 0 Å². The van der Waals surface area contributed by atoms with Crippen LogP contribution in [0.4, 0.5) is 0 Å². The van der Waals surface area contributed by atoms with Crippen molar-refractivity contribution in [3.8, 4) is 5.75 Å². The second-order valence-electron chi connectivity index (χ2n) is 3.92. The number of hydrogen-bond acceptors (Lipinski definition) is 4. The molecule has 2 rings (SSSR count). The summed E-state index contributed by atoms with van der Waals surface area (Å²) in [5.41, 5.74) is 2.71. The number of furan rings is 1.